The van der Waals surface area contributed by atoms with Gasteiger partial charge in [0.25, 0.3) is 5.91 Å². The van der Waals surface area contributed by atoms with Crippen LogP contribution in [-0.4, -0.2) is 63.1 Å². The third-order valence-electron chi connectivity index (χ3n) is 5.58. The number of likely N-dealkylation sites (tertiary alicyclic amines) is 2. The zero-order valence-corrected chi connectivity index (χ0v) is 15.1. The molecule has 2 aliphatic heterocycles. The molecule has 2 aliphatic rings. The Kier molecular flexibility index (Phi) is 3.56. The van der Waals surface area contributed by atoms with Crippen LogP contribution in [0.1, 0.15) is 28.2 Å². The number of hydrogen-bond acceptors (Lipinski definition) is 4. The van der Waals surface area contributed by atoms with E-state index in [-0.39, 0.29) is 23.7 Å². The molecule has 0 radical (unpaired) electrons. The molecule has 2 aromatic rings. The minimum atomic E-state index is -0.0591. The molecule has 2 aromatic heterocycles. The highest BCUT2D eigenvalue weighted by molar-refractivity contribution is 6.06. The maximum Gasteiger partial charge on any atom is 0.254 e. The lowest BCUT2D eigenvalue weighted by Gasteiger charge is -2.30. The first-order valence-electron chi connectivity index (χ1n) is 8.72. The maximum absolute atomic E-state index is 13.2. The second-order valence-corrected chi connectivity index (χ2v) is 7.34. The second-order valence-electron chi connectivity index (χ2n) is 7.34. The smallest absolute Gasteiger partial charge is 0.254 e. The van der Waals surface area contributed by atoms with Gasteiger partial charge in [-0.25, -0.2) is 4.98 Å². The molecular weight excluding hydrogens is 318 g/mol. The Labute approximate surface area is 146 Å². The fraction of sp³-hybridized carbons (Fsp3) is 0.556. The van der Waals surface area contributed by atoms with Crippen LogP contribution >= 0.6 is 0 Å². The summed E-state index contributed by atoms with van der Waals surface area (Å²) >= 11 is 0. The molecule has 0 N–H and O–H groups in total. The van der Waals surface area contributed by atoms with E-state index in [1.54, 1.807) is 9.58 Å². The minimum Gasteiger partial charge on any atom is -0.345 e. The van der Waals surface area contributed by atoms with Crippen LogP contribution in [0.15, 0.2) is 6.07 Å². The molecule has 0 spiro atoms. The topological polar surface area (TPSA) is 71.3 Å². The standard InChI is InChI=1S/C18H23N5O2/c1-10-7-13(15-11(2)20-22(4)16(15)19-10)18(25)23-8-12-5-6-21(3)17(24)14(12)9-23/h7,12,14H,5-6,8-9H2,1-4H3/t12-,14+/m1/s1. The highest BCUT2D eigenvalue weighted by Gasteiger charge is 2.43. The van der Waals surface area contributed by atoms with Gasteiger partial charge in [0, 0.05) is 39.4 Å². The van der Waals surface area contributed by atoms with Gasteiger partial charge in [-0.2, -0.15) is 5.10 Å². The average molecular weight is 341 g/mol. The molecule has 4 rings (SSSR count). The average Bonchev–Trinajstić information content (AvgIpc) is 3.12. The summed E-state index contributed by atoms with van der Waals surface area (Å²) < 4.78 is 1.72. The van der Waals surface area contributed by atoms with Crippen molar-refractivity contribution in [1.82, 2.24) is 24.6 Å². The molecule has 2 amide bonds. The first kappa shape index (κ1) is 16.1. The molecular formula is C18H23N5O2. The van der Waals surface area contributed by atoms with E-state index in [1.165, 1.54) is 0 Å². The van der Waals surface area contributed by atoms with Gasteiger partial charge in [-0.05, 0) is 32.3 Å². The molecule has 2 atom stereocenters. The molecule has 0 unspecified atom stereocenters. The van der Waals surface area contributed by atoms with Crippen molar-refractivity contribution in [2.24, 2.45) is 18.9 Å². The number of piperidine rings is 1. The summed E-state index contributed by atoms with van der Waals surface area (Å²) in [7, 11) is 3.69. The van der Waals surface area contributed by atoms with Crippen molar-refractivity contribution in [2.45, 2.75) is 20.3 Å². The summed E-state index contributed by atoms with van der Waals surface area (Å²) in [5.41, 5.74) is 2.98. The Balaban J connectivity index is 1.71. The lowest BCUT2D eigenvalue weighted by atomic mass is 9.88. The molecule has 2 fully saturated rings. The van der Waals surface area contributed by atoms with Gasteiger partial charge < -0.3 is 9.80 Å². The van der Waals surface area contributed by atoms with Gasteiger partial charge >= 0.3 is 0 Å². The highest BCUT2D eigenvalue weighted by atomic mass is 16.2. The zero-order valence-electron chi connectivity index (χ0n) is 15.1. The van der Waals surface area contributed by atoms with Crippen molar-refractivity contribution < 1.29 is 9.59 Å². The molecule has 0 aromatic carbocycles. The number of pyridine rings is 1. The van der Waals surface area contributed by atoms with Crippen LogP contribution in [0.2, 0.25) is 0 Å². The number of carbonyl (C=O) groups is 2. The van der Waals surface area contributed by atoms with Crippen molar-refractivity contribution >= 4 is 22.8 Å². The summed E-state index contributed by atoms with van der Waals surface area (Å²) in [6, 6.07) is 1.84. The minimum absolute atomic E-state index is 0.0172. The second kappa shape index (κ2) is 5.54. The number of hydrogen-bond donors (Lipinski definition) is 0. The first-order chi connectivity index (χ1) is 11.9. The number of aromatic nitrogens is 3. The number of carbonyl (C=O) groups excluding carboxylic acids is 2. The number of nitrogens with zero attached hydrogens (tertiary/aromatic N) is 5. The van der Waals surface area contributed by atoms with Gasteiger partial charge in [-0.15, -0.1) is 0 Å². The van der Waals surface area contributed by atoms with E-state index < -0.39 is 0 Å². The predicted octanol–water partition coefficient (Wildman–Crippen LogP) is 1.14. The van der Waals surface area contributed by atoms with Crippen molar-refractivity contribution in [2.75, 3.05) is 26.7 Å². The number of fused-ring (bicyclic) bond motifs is 2. The quantitative estimate of drug-likeness (QED) is 0.780. The van der Waals surface area contributed by atoms with Gasteiger partial charge in [0.05, 0.1) is 22.6 Å². The highest BCUT2D eigenvalue weighted by Crippen LogP contribution is 2.33. The van der Waals surface area contributed by atoms with E-state index in [4.69, 9.17) is 0 Å². The van der Waals surface area contributed by atoms with Crippen molar-refractivity contribution in [1.29, 1.82) is 0 Å². The lowest BCUT2D eigenvalue weighted by Crippen LogP contribution is -2.42. The summed E-state index contributed by atoms with van der Waals surface area (Å²) in [5.74, 6) is 0.369. The van der Waals surface area contributed by atoms with E-state index in [0.29, 0.717) is 18.7 Å². The lowest BCUT2D eigenvalue weighted by molar-refractivity contribution is -0.137. The van der Waals surface area contributed by atoms with Crippen LogP contribution in [0.25, 0.3) is 11.0 Å². The number of aryl methyl sites for hydroxylation is 3. The molecule has 2 saturated heterocycles. The van der Waals surface area contributed by atoms with E-state index in [9.17, 15) is 9.59 Å². The summed E-state index contributed by atoms with van der Waals surface area (Å²) in [4.78, 5) is 33.8. The van der Waals surface area contributed by atoms with E-state index in [2.05, 4.69) is 10.1 Å². The van der Waals surface area contributed by atoms with Crippen LogP contribution in [-0.2, 0) is 11.8 Å². The molecule has 7 heteroatoms. The van der Waals surface area contributed by atoms with Gasteiger partial charge in [-0.3, -0.25) is 14.3 Å². The Morgan fingerprint density at radius 2 is 2.00 bits per heavy atom. The van der Waals surface area contributed by atoms with Crippen LogP contribution in [0.3, 0.4) is 0 Å². The Morgan fingerprint density at radius 3 is 2.76 bits per heavy atom. The normalized spacial score (nSPS) is 23.4. The van der Waals surface area contributed by atoms with E-state index in [1.807, 2.05) is 38.9 Å². The van der Waals surface area contributed by atoms with Crippen LogP contribution in [0.5, 0.6) is 0 Å². The van der Waals surface area contributed by atoms with Gasteiger partial charge in [0.2, 0.25) is 5.91 Å². The Hall–Kier alpha value is -2.44. The third-order valence-corrected chi connectivity index (χ3v) is 5.58. The van der Waals surface area contributed by atoms with E-state index >= 15 is 0 Å². The van der Waals surface area contributed by atoms with Gasteiger partial charge in [0.1, 0.15) is 0 Å². The van der Waals surface area contributed by atoms with Crippen LogP contribution in [0, 0.1) is 25.7 Å². The largest absolute Gasteiger partial charge is 0.345 e. The van der Waals surface area contributed by atoms with Gasteiger partial charge in [-0.1, -0.05) is 0 Å². The fourth-order valence-corrected chi connectivity index (χ4v) is 4.27. The maximum atomic E-state index is 13.2. The number of amides is 2. The van der Waals surface area contributed by atoms with E-state index in [0.717, 1.165) is 35.4 Å². The molecule has 7 nitrogen and oxygen atoms in total. The predicted molar refractivity (Wildman–Crippen MR) is 93.1 cm³/mol. The third kappa shape index (κ3) is 2.41. The summed E-state index contributed by atoms with van der Waals surface area (Å²) in [6.45, 7) is 5.74. The Bertz CT molecular complexity index is 887. The molecule has 0 aliphatic carbocycles. The Morgan fingerprint density at radius 1 is 1.24 bits per heavy atom. The molecule has 0 bridgehead atoms. The van der Waals surface area contributed by atoms with Crippen molar-refractivity contribution in [3.63, 3.8) is 0 Å². The SMILES string of the molecule is Cc1cc(C(=O)N2C[C@H]3CCN(C)C(=O)[C@H]3C2)c2c(C)nn(C)c2n1. The monoisotopic (exact) mass is 341 g/mol. The molecule has 132 valence electrons. The van der Waals surface area contributed by atoms with Crippen LogP contribution < -0.4 is 0 Å². The summed E-state index contributed by atoms with van der Waals surface area (Å²) in [5, 5.41) is 5.23. The van der Waals surface area contributed by atoms with Crippen molar-refractivity contribution in [3.05, 3.63) is 23.0 Å². The molecule has 4 heterocycles. The molecule has 25 heavy (non-hydrogen) atoms. The van der Waals surface area contributed by atoms with Crippen molar-refractivity contribution in [3.8, 4) is 0 Å². The van der Waals surface area contributed by atoms with Gasteiger partial charge in [0.15, 0.2) is 5.65 Å². The zero-order chi connectivity index (χ0) is 17.9. The number of rotatable bonds is 1. The first-order valence-corrected chi connectivity index (χ1v) is 8.72. The van der Waals surface area contributed by atoms with Crippen LogP contribution in [0.4, 0.5) is 0 Å². The molecule has 0 saturated carbocycles. The fourth-order valence-electron chi connectivity index (χ4n) is 4.27. The summed E-state index contributed by atoms with van der Waals surface area (Å²) in [6.07, 6.45) is 0.966.